The zero-order valence-corrected chi connectivity index (χ0v) is 11.5. The first-order valence-corrected chi connectivity index (χ1v) is 7.46. The van der Waals surface area contributed by atoms with Crippen molar-refractivity contribution in [1.82, 2.24) is 14.6 Å². The summed E-state index contributed by atoms with van der Waals surface area (Å²) in [5.41, 5.74) is 1.30. The Morgan fingerprint density at radius 2 is 2.37 bits per heavy atom. The van der Waals surface area contributed by atoms with Crippen molar-refractivity contribution in [2.45, 2.75) is 18.8 Å². The molecule has 2 aromatic heterocycles. The average molecular weight is 277 g/mol. The van der Waals surface area contributed by atoms with Gasteiger partial charge in [0.15, 0.2) is 5.65 Å². The lowest BCUT2D eigenvalue weighted by Crippen LogP contribution is -2.12. The zero-order valence-electron chi connectivity index (χ0n) is 10.7. The summed E-state index contributed by atoms with van der Waals surface area (Å²) in [6.45, 7) is 0. The van der Waals surface area contributed by atoms with Crippen LogP contribution in [-0.4, -0.2) is 39.2 Å². The van der Waals surface area contributed by atoms with Crippen LogP contribution in [0.2, 0.25) is 0 Å². The molecule has 3 heterocycles. The molecule has 0 spiro atoms. The molecule has 1 unspecified atom stereocenters. The zero-order chi connectivity index (χ0) is 13.2. The molecule has 0 aromatic carbocycles. The smallest absolute Gasteiger partial charge is 0.339 e. The van der Waals surface area contributed by atoms with Crippen LogP contribution in [0.5, 0.6) is 0 Å². The first kappa shape index (κ1) is 12.5. The summed E-state index contributed by atoms with van der Waals surface area (Å²) >= 11 is 1.95. The van der Waals surface area contributed by atoms with Crippen molar-refractivity contribution in [2.24, 2.45) is 0 Å². The molecule has 1 atom stereocenters. The molecule has 0 amide bonds. The lowest BCUT2D eigenvalue weighted by Gasteiger charge is -2.19. The highest BCUT2D eigenvalue weighted by Crippen LogP contribution is 2.30. The number of rotatable bonds is 2. The summed E-state index contributed by atoms with van der Waals surface area (Å²) < 4.78 is 6.67. The highest BCUT2D eigenvalue weighted by Gasteiger charge is 2.21. The van der Waals surface area contributed by atoms with Gasteiger partial charge in [-0.05, 0) is 30.7 Å². The molecular weight excluding hydrogens is 262 g/mol. The predicted octanol–water partition coefficient (Wildman–Crippen LogP) is 2.13. The second kappa shape index (κ2) is 5.21. The Kier molecular flexibility index (Phi) is 3.42. The Morgan fingerprint density at radius 3 is 3.11 bits per heavy atom. The van der Waals surface area contributed by atoms with Gasteiger partial charge in [-0.15, -0.1) is 10.2 Å². The Balaban J connectivity index is 2.02. The van der Waals surface area contributed by atoms with Gasteiger partial charge in [0.2, 0.25) is 0 Å². The fourth-order valence-electron chi connectivity index (χ4n) is 2.37. The van der Waals surface area contributed by atoms with Crippen molar-refractivity contribution >= 4 is 23.4 Å². The Labute approximate surface area is 115 Å². The number of thioether (sulfide) groups is 1. The van der Waals surface area contributed by atoms with E-state index in [0.717, 1.165) is 23.6 Å². The molecule has 1 aliphatic rings. The van der Waals surface area contributed by atoms with Crippen molar-refractivity contribution < 1.29 is 9.53 Å². The van der Waals surface area contributed by atoms with Crippen LogP contribution in [0.3, 0.4) is 0 Å². The molecule has 5 nitrogen and oxygen atoms in total. The van der Waals surface area contributed by atoms with Crippen LogP contribution in [-0.2, 0) is 4.74 Å². The first-order chi connectivity index (χ1) is 9.29. The van der Waals surface area contributed by atoms with Crippen LogP contribution >= 0.6 is 11.8 Å². The van der Waals surface area contributed by atoms with E-state index in [4.69, 9.17) is 4.74 Å². The van der Waals surface area contributed by atoms with Gasteiger partial charge in [0.25, 0.3) is 0 Å². The highest BCUT2D eigenvalue weighted by atomic mass is 32.2. The van der Waals surface area contributed by atoms with Gasteiger partial charge in [0.05, 0.1) is 12.7 Å². The molecule has 6 heteroatoms. The second-order valence-electron chi connectivity index (χ2n) is 4.61. The first-order valence-electron chi connectivity index (χ1n) is 6.30. The van der Waals surface area contributed by atoms with Gasteiger partial charge in [-0.1, -0.05) is 0 Å². The fourth-order valence-corrected chi connectivity index (χ4v) is 3.51. The van der Waals surface area contributed by atoms with Gasteiger partial charge >= 0.3 is 5.97 Å². The number of fused-ring (bicyclic) bond motifs is 1. The number of nitrogens with zero attached hydrogens (tertiary/aromatic N) is 3. The van der Waals surface area contributed by atoms with Gasteiger partial charge < -0.3 is 4.74 Å². The molecule has 1 aliphatic heterocycles. The number of hydrogen-bond donors (Lipinski definition) is 0. The lowest BCUT2D eigenvalue weighted by molar-refractivity contribution is 0.0600. The molecular formula is C13H15N3O2S. The molecule has 2 aromatic rings. The summed E-state index contributed by atoms with van der Waals surface area (Å²) in [6, 6.07) is 3.52. The average Bonchev–Trinajstić information content (AvgIpc) is 2.90. The number of carbonyl (C=O) groups excluding carboxylic acids is 1. The van der Waals surface area contributed by atoms with E-state index in [1.807, 2.05) is 16.2 Å². The monoisotopic (exact) mass is 277 g/mol. The molecule has 1 fully saturated rings. The minimum absolute atomic E-state index is 0.334. The van der Waals surface area contributed by atoms with Crippen molar-refractivity contribution in [2.75, 3.05) is 18.6 Å². The minimum atomic E-state index is -0.334. The summed E-state index contributed by atoms with van der Waals surface area (Å²) in [5.74, 6) is 3.33. The molecule has 0 aliphatic carbocycles. The van der Waals surface area contributed by atoms with Crippen LogP contribution in [0, 0.1) is 0 Å². The quantitative estimate of drug-likeness (QED) is 0.787. The molecule has 1 saturated heterocycles. The predicted molar refractivity (Wildman–Crippen MR) is 73.6 cm³/mol. The molecule has 3 rings (SSSR count). The van der Waals surface area contributed by atoms with Crippen molar-refractivity contribution in [3.8, 4) is 0 Å². The van der Waals surface area contributed by atoms with Crippen LogP contribution in [0.25, 0.3) is 5.65 Å². The Morgan fingerprint density at radius 1 is 1.47 bits per heavy atom. The Bertz CT molecular complexity index is 605. The lowest BCUT2D eigenvalue weighted by atomic mass is 10.0. The fraction of sp³-hybridized carbons (Fsp3) is 0.462. The number of methoxy groups -OCH3 is 1. The van der Waals surface area contributed by atoms with Gasteiger partial charge in [0, 0.05) is 17.9 Å². The topological polar surface area (TPSA) is 56.5 Å². The van der Waals surface area contributed by atoms with E-state index in [1.54, 1.807) is 18.3 Å². The van der Waals surface area contributed by atoms with Crippen LogP contribution < -0.4 is 0 Å². The van der Waals surface area contributed by atoms with Crippen molar-refractivity contribution in [1.29, 1.82) is 0 Å². The maximum atomic E-state index is 11.6. The summed E-state index contributed by atoms with van der Waals surface area (Å²) in [6.07, 6.45) is 4.12. The maximum absolute atomic E-state index is 11.6. The molecule has 100 valence electrons. The van der Waals surface area contributed by atoms with Crippen LogP contribution in [0.4, 0.5) is 0 Å². The number of pyridine rings is 1. The molecule has 0 N–H and O–H groups in total. The van der Waals surface area contributed by atoms with Gasteiger partial charge in [-0.3, -0.25) is 4.40 Å². The van der Waals surface area contributed by atoms with Crippen molar-refractivity contribution in [3.05, 3.63) is 29.7 Å². The standard InChI is InChI=1S/C13H15N3O2S/c1-18-13(17)9-4-5-11-14-15-12(16(11)7-9)10-3-2-6-19-8-10/h4-5,7,10H,2-3,6,8H2,1H3. The summed E-state index contributed by atoms with van der Waals surface area (Å²) in [4.78, 5) is 11.6. The van der Waals surface area contributed by atoms with E-state index in [1.165, 1.54) is 19.3 Å². The summed E-state index contributed by atoms with van der Waals surface area (Å²) in [7, 11) is 1.39. The van der Waals surface area contributed by atoms with Crippen LogP contribution in [0.1, 0.15) is 34.9 Å². The normalized spacial score (nSPS) is 19.5. The number of aromatic nitrogens is 3. The van der Waals surface area contributed by atoms with E-state index in [9.17, 15) is 4.79 Å². The third-order valence-electron chi connectivity index (χ3n) is 3.38. The number of carbonyl (C=O) groups is 1. The van der Waals surface area contributed by atoms with Crippen LogP contribution in [0.15, 0.2) is 18.3 Å². The van der Waals surface area contributed by atoms with E-state index in [-0.39, 0.29) is 5.97 Å². The maximum Gasteiger partial charge on any atom is 0.339 e. The molecule has 0 radical (unpaired) electrons. The molecule has 19 heavy (non-hydrogen) atoms. The summed E-state index contributed by atoms with van der Waals surface area (Å²) in [5, 5.41) is 8.46. The third-order valence-corrected chi connectivity index (χ3v) is 4.59. The number of ether oxygens (including phenoxy) is 1. The van der Waals surface area contributed by atoms with E-state index in [2.05, 4.69) is 10.2 Å². The minimum Gasteiger partial charge on any atom is -0.465 e. The number of esters is 1. The third kappa shape index (κ3) is 2.32. The van der Waals surface area contributed by atoms with E-state index >= 15 is 0 Å². The largest absolute Gasteiger partial charge is 0.465 e. The van der Waals surface area contributed by atoms with E-state index in [0.29, 0.717) is 11.5 Å². The number of hydrogen-bond acceptors (Lipinski definition) is 5. The van der Waals surface area contributed by atoms with Crippen molar-refractivity contribution in [3.63, 3.8) is 0 Å². The van der Waals surface area contributed by atoms with Gasteiger partial charge in [0.1, 0.15) is 5.82 Å². The van der Waals surface area contributed by atoms with Gasteiger partial charge in [-0.2, -0.15) is 11.8 Å². The Hall–Kier alpha value is -1.56. The van der Waals surface area contributed by atoms with E-state index < -0.39 is 0 Å². The second-order valence-corrected chi connectivity index (χ2v) is 5.76. The molecule has 0 bridgehead atoms. The highest BCUT2D eigenvalue weighted by molar-refractivity contribution is 7.99. The molecule has 0 saturated carbocycles. The SMILES string of the molecule is COC(=O)c1ccc2nnc(C3CCCSC3)n2c1. The van der Waals surface area contributed by atoms with Gasteiger partial charge in [-0.25, -0.2) is 4.79 Å².